The Hall–Kier alpha value is -2.49. The van der Waals surface area contributed by atoms with Crippen molar-refractivity contribution < 1.29 is 9.53 Å². The lowest BCUT2D eigenvalue weighted by molar-refractivity contribution is -0.130. The fourth-order valence-electron chi connectivity index (χ4n) is 2.96. The van der Waals surface area contributed by atoms with E-state index < -0.39 is 0 Å². The highest BCUT2D eigenvalue weighted by Gasteiger charge is 2.22. The summed E-state index contributed by atoms with van der Waals surface area (Å²) in [6.45, 7) is 5.72. The number of rotatable bonds is 5. The van der Waals surface area contributed by atoms with Crippen LogP contribution in [0.15, 0.2) is 48.5 Å². The molecule has 0 bridgehead atoms. The molecule has 0 aliphatic carbocycles. The van der Waals surface area contributed by atoms with Crippen LogP contribution in [0.2, 0.25) is 0 Å². The number of likely N-dealkylation sites (tertiary alicyclic amines) is 1. The number of benzene rings is 2. The van der Waals surface area contributed by atoms with Gasteiger partial charge in [0, 0.05) is 18.8 Å². The average Bonchev–Trinajstić information content (AvgIpc) is 3.10. The first-order chi connectivity index (χ1) is 11.6. The van der Waals surface area contributed by atoms with E-state index in [2.05, 4.69) is 5.32 Å². The van der Waals surface area contributed by atoms with Crippen molar-refractivity contribution in [1.82, 2.24) is 4.90 Å². The molecule has 3 rings (SSSR count). The smallest absolute Gasteiger partial charge is 0.244 e. The van der Waals surface area contributed by atoms with Gasteiger partial charge in [-0.05, 0) is 68.7 Å². The zero-order valence-electron chi connectivity index (χ0n) is 14.3. The molecule has 0 unspecified atom stereocenters. The molecule has 1 saturated heterocycles. The summed E-state index contributed by atoms with van der Waals surface area (Å²) in [5.41, 5.74) is 2.09. The summed E-state index contributed by atoms with van der Waals surface area (Å²) in [5, 5.41) is 3.27. The van der Waals surface area contributed by atoms with Gasteiger partial charge in [-0.25, -0.2) is 0 Å². The van der Waals surface area contributed by atoms with Crippen LogP contribution in [0.5, 0.6) is 11.5 Å². The Morgan fingerprint density at radius 1 is 1.08 bits per heavy atom. The van der Waals surface area contributed by atoms with E-state index in [4.69, 9.17) is 4.74 Å². The highest BCUT2D eigenvalue weighted by molar-refractivity contribution is 5.84. The Kier molecular flexibility index (Phi) is 5.04. The van der Waals surface area contributed by atoms with E-state index in [0.29, 0.717) is 0 Å². The third-order valence-electron chi connectivity index (χ3n) is 4.25. The number of ether oxygens (including phenoxy) is 1. The third-order valence-corrected chi connectivity index (χ3v) is 4.25. The molecular weight excluding hydrogens is 300 g/mol. The van der Waals surface area contributed by atoms with Gasteiger partial charge in [0.2, 0.25) is 5.91 Å². The van der Waals surface area contributed by atoms with Crippen molar-refractivity contribution in [3.63, 3.8) is 0 Å². The number of hydrogen-bond donors (Lipinski definition) is 1. The number of aryl methyl sites for hydroxylation is 1. The van der Waals surface area contributed by atoms with E-state index in [1.165, 1.54) is 5.56 Å². The van der Waals surface area contributed by atoms with Crippen LogP contribution in [0, 0.1) is 6.92 Å². The molecule has 1 N–H and O–H groups in total. The van der Waals surface area contributed by atoms with Crippen LogP contribution in [0.1, 0.15) is 25.3 Å². The van der Waals surface area contributed by atoms with Gasteiger partial charge in [0.1, 0.15) is 17.5 Å². The van der Waals surface area contributed by atoms with Gasteiger partial charge in [-0.2, -0.15) is 0 Å². The van der Waals surface area contributed by atoms with E-state index >= 15 is 0 Å². The van der Waals surface area contributed by atoms with Gasteiger partial charge >= 0.3 is 0 Å². The first-order valence-electron chi connectivity index (χ1n) is 8.52. The summed E-state index contributed by atoms with van der Waals surface area (Å²) in [5.74, 6) is 1.78. The lowest BCUT2D eigenvalue weighted by Gasteiger charge is -2.22. The molecule has 1 amide bonds. The Morgan fingerprint density at radius 3 is 2.46 bits per heavy atom. The molecule has 2 aromatic rings. The zero-order valence-corrected chi connectivity index (χ0v) is 14.3. The Labute approximate surface area is 143 Å². The molecular formula is C20H24N2O2. The standard InChI is InChI=1S/C20H24N2O2/c1-15-6-5-7-19(14-15)24-18-10-8-17(9-11-18)21-16(2)20(23)22-12-3-4-13-22/h5-11,14,16,21H,3-4,12-13H2,1-2H3/t16-/m1/s1. The van der Waals surface area contributed by atoms with Crippen LogP contribution in [0.3, 0.4) is 0 Å². The topological polar surface area (TPSA) is 41.6 Å². The highest BCUT2D eigenvalue weighted by atomic mass is 16.5. The lowest BCUT2D eigenvalue weighted by Crippen LogP contribution is -2.39. The number of carbonyl (C=O) groups is 1. The molecule has 1 aliphatic heterocycles. The highest BCUT2D eigenvalue weighted by Crippen LogP contribution is 2.24. The molecule has 1 atom stereocenters. The van der Waals surface area contributed by atoms with Crippen molar-refractivity contribution in [3.8, 4) is 11.5 Å². The van der Waals surface area contributed by atoms with E-state index in [0.717, 1.165) is 43.1 Å². The van der Waals surface area contributed by atoms with Crippen LogP contribution in [-0.4, -0.2) is 29.9 Å². The van der Waals surface area contributed by atoms with Crippen molar-refractivity contribution in [2.45, 2.75) is 32.7 Å². The van der Waals surface area contributed by atoms with Crippen molar-refractivity contribution >= 4 is 11.6 Å². The fraction of sp³-hybridized carbons (Fsp3) is 0.350. The van der Waals surface area contributed by atoms with Crippen molar-refractivity contribution in [1.29, 1.82) is 0 Å². The lowest BCUT2D eigenvalue weighted by atomic mass is 10.2. The quantitative estimate of drug-likeness (QED) is 0.896. The molecule has 1 fully saturated rings. The fourth-order valence-corrected chi connectivity index (χ4v) is 2.96. The SMILES string of the molecule is Cc1cccc(Oc2ccc(N[C@H](C)C(=O)N3CCCC3)cc2)c1. The second-order valence-electron chi connectivity index (χ2n) is 6.34. The second-order valence-corrected chi connectivity index (χ2v) is 6.34. The Bertz CT molecular complexity index is 691. The van der Waals surface area contributed by atoms with Gasteiger partial charge in [-0.1, -0.05) is 12.1 Å². The molecule has 0 saturated carbocycles. The molecule has 0 aromatic heterocycles. The monoisotopic (exact) mass is 324 g/mol. The number of nitrogens with one attached hydrogen (secondary N) is 1. The number of anilines is 1. The predicted octanol–water partition coefficient (Wildman–Crippen LogP) is 4.21. The number of nitrogens with zero attached hydrogens (tertiary/aromatic N) is 1. The van der Waals surface area contributed by atoms with Crippen LogP contribution >= 0.6 is 0 Å². The minimum Gasteiger partial charge on any atom is -0.457 e. The number of carbonyl (C=O) groups excluding carboxylic acids is 1. The molecule has 2 aromatic carbocycles. The van der Waals surface area contributed by atoms with Gasteiger partial charge in [0.05, 0.1) is 0 Å². The van der Waals surface area contributed by atoms with Crippen LogP contribution < -0.4 is 10.1 Å². The molecule has 1 aliphatic rings. The molecule has 4 heteroatoms. The summed E-state index contributed by atoms with van der Waals surface area (Å²) in [4.78, 5) is 14.3. The summed E-state index contributed by atoms with van der Waals surface area (Å²) >= 11 is 0. The molecule has 0 radical (unpaired) electrons. The van der Waals surface area contributed by atoms with Crippen molar-refractivity contribution in [3.05, 3.63) is 54.1 Å². The molecule has 4 nitrogen and oxygen atoms in total. The maximum absolute atomic E-state index is 12.3. The Morgan fingerprint density at radius 2 is 1.79 bits per heavy atom. The molecule has 24 heavy (non-hydrogen) atoms. The van der Waals surface area contributed by atoms with Gasteiger partial charge in [0.15, 0.2) is 0 Å². The normalized spacial score (nSPS) is 15.2. The summed E-state index contributed by atoms with van der Waals surface area (Å²) in [7, 11) is 0. The van der Waals surface area contributed by atoms with E-state index in [-0.39, 0.29) is 11.9 Å². The molecule has 0 spiro atoms. The third kappa shape index (κ3) is 4.07. The summed E-state index contributed by atoms with van der Waals surface area (Å²) < 4.78 is 5.84. The molecule has 1 heterocycles. The van der Waals surface area contributed by atoms with Crippen molar-refractivity contribution in [2.75, 3.05) is 18.4 Å². The van der Waals surface area contributed by atoms with Crippen LogP contribution in [0.25, 0.3) is 0 Å². The maximum Gasteiger partial charge on any atom is 0.244 e. The maximum atomic E-state index is 12.3. The van der Waals surface area contributed by atoms with E-state index in [9.17, 15) is 4.79 Å². The minimum absolute atomic E-state index is 0.174. The van der Waals surface area contributed by atoms with Gasteiger partial charge in [-0.15, -0.1) is 0 Å². The van der Waals surface area contributed by atoms with Crippen LogP contribution in [-0.2, 0) is 4.79 Å². The predicted molar refractivity (Wildman–Crippen MR) is 96.6 cm³/mol. The number of hydrogen-bond acceptors (Lipinski definition) is 3. The van der Waals surface area contributed by atoms with Gasteiger partial charge < -0.3 is 15.0 Å². The minimum atomic E-state index is -0.216. The second kappa shape index (κ2) is 7.39. The average molecular weight is 324 g/mol. The molecule has 126 valence electrons. The van der Waals surface area contributed by atoms with Crippen molar-refractivity contribution in [2.24, 2.45) is 0 Å². The summed E-state index contributed by atoms with van der Waals surface area (Å²) in [6.07, 6.45) is 2.23. The van der Waals surface area contributed by atoms with Gasteiger partial charge in [0.25, 0.3) is 0 Å². The first kappa shape index (κ1) is 16.4. The van der Waals surface area contributed by atoms with E-state index in [1.807, 2.05) is 67.3 Å². The number of amides is 1. The van der Waals surface area contributed by atoms with E-state index in [1.54, 1.807) is 0 Å². The summed E-state index contributed by atoms with van der Waals surface area (Å²) in [6, 6.07) is 15.5. The largest absolute Gasteiger partial charge is 0.457 e. The first-order valence-corrected chi connectivity index (χ1v) is 8.52. The zero-order chi connectivity index (χ0) is 16.9. The van der Waals surface area contributed by atoms with Crippen LogP contribution in [0.4, 0.5) is 5.69 Å². The Balaban J connectivity index is 1.58. The van der Waals surface area contributed by atoms with Gasteiger partial charge in [-0.3, -0.25) is 4.79 Å².